The minimum absolute atomic E-state index is 0.0466. The van der Waals surface area contributed by atoms with Gasteiger partial charge >= 0.3 is 0 Å². The van der Waals surface area contributed by atoms with Gasteiger partial charge in [-0.1, -0.05) is 12.1 Å². The van der Waals surface area contributed by atoms with Gasteiger partial charge in [0.05, 0.1) is 18.9 Å². The molecule has 0 bridgehead atoms. The average Bonchev–Trinajstić information content (AvgIpc) is 2.99. The zero-order chi connectivity index (χ0) is 12.5. The molecule has 2 heterocycles. The van der Waals surface area contributed by atoms with Gasteiger partial charge in [0.2, 0.25) is 0 Å². The van der Waals surface area contributed by atoms with E-state index in [4.69, 9.17) is 15.0 Å². The fourth-order valence-corrected chi connectivity index (χ4v) is 2.45. The first kappa shape index (κ1) is 11.3. The third kappa shape index (κ3) is 1.79. The van der Waals surface area contributed by atoms with Crippen molar-refractivity contribution in [2.45, 2.75) is 19.4 Å². The van der Waals surface area contributed by atoms with E-state index in [9.17, 15) is 0 Å². The number of rotatable bonds is 3. The zero-order valence-corrected chi connectivity index (χ0v) is 10.3. The van der Waals surface area contributed by atoms with Gasteiger partial charge in [-0.3, -0.25) is 5.84 Å². The summed E-state index contributed by atoms with van der Waals surface area (Å²) < 4.78 is 10.9. The molecule has 1 unspecified atom stereocenters. The average molecular weight is 244 g/mol. The highest BCUT2D eigenvalue weighted by Crippen LogP contribution is 2.31. The van der Waals surface area contributed by atoms with E-state index in [1.807, 2.05) is 25.1 Å². The summed E-state index contributed by atoms with van der Waals surface area (Å²) in [5, 5.41) is 0. The maximum absolute atomic E-state index is 5.69. The Morgan fingerprint density at radius 2 is 2.22 bits per heavy atom. The van der Waals surface area contributed by atoms with Crippen LogP contribution in [0.5, 0.6) is 5.75 Å². The molecule has 1 aromatic heterocycles. The lowest BCUT2D eigenvalue weighted by molar-refractivity contribution is 0.357. The predicted molar refractivity (Wildman–Crippen MR) is 68.3 cm³/mol. The van der Waals surface area contributed by atoms with E-state index in [1.165, 1.54) is 5.56 Å². The monoisotopic (exact) mass is 244 g/mol. The SMILES string of the molecule is Cc1occc1C(NN)c1ccc2c(c1)CCO2. The van der Waals surface area contributed by atoms with Crippen LogP contribution in [0.25, 0.3) is 0 Å². The lowest BCUT2D eigenvalue weighted by atomic mass is 9.97. The van der Waals surface area contributed by atoms with E-state index in [0.717, 1.165) is 35.7 Å². The first-order valence-electron chi connectivity index (χ1n) is 6.05. The van der Waals surface area contributed by atoms with Crippen molar-refractivity contribution in [3.05, 3.63) is 53.0 Å². The Morgan fingerprint density at radius 3 is 2.94 bits per heavy atom. The van der Waals surface area contributed by atoms with Crippen LogP contribution < -0.4 is 16.0 Å². The number of benzene rings is 1. The van der Waals surface area contributed by atoms with E-state index < -0.39 is 0 Å². The summed E-state index contributed by atoms with van der Waals surface area (Å²) in [6, 6.07) is 8.11. The number of nitrogens with one attached hydrogen (secondary N) is 1. The third-order valence-electron chi connectivity index (χ3n) is 3.42. The molecule has 1 aromatic carbocycles. The molecule has 18 heavy (non-hydrogen) atoms. The molecule has 0 saturated carbocycles. The lowest BCUT2D eigenvalue weighted by Gasteiger charge is -2.16. The second kappa shape index (κ2) is 4.48. The summed E-state index contributed by atoms with van der Waals surface area (Å²) in [6.45, 7) is 2.71. The number of hydrazine groups is 1. The Balaban J connectivity index is 2.00. The van der Waals surface area contributed by atoms with Crippen LogP contribution >= 0.6 is 0 Å². The summed E-state index contributed by atoms with van der Waals surface area (Å²) in [6.07, 6.45) is 2.65. The number of aryl methyl sites for hydroxylation is 1. The Morgan fingerprint density at radius 1 is 1.33 bits per heavy atom. The molecule has 0 radical (unpaired) electrons. The van der Waals surface area contributed by atoms with Crippen LogP contribution in [0.1, 0.15) is 28.5 Å². The van der Waals surface area contributed by atoms with Crippen LogP contribution in [0.4, 0.5) is 0 Å². The Kier molecular flexibility index (Phi) is 2.81. The van der Waals surface area contributed by atoms with Gasteiger partial charge in [-0.25, -0.2) is 5.43 Å². The fraction of sp³-hybridized carbons (Fsp3) is 0.286. The second-order valence-electron chi connectivity index (χ2n) is 4.50. The first-order valence-corrected chi connectivity index (χ1v) is 6.05. The minimum Gasteiger partial charge on any atom is -0.493 e. The van der Waals surface area contributed by atoms with E-state index in [1.54, 1.807) is 6.26 Å². The summed E-state index contributed by atoms with van der Waals surface area (Å²) >= 11 is 0. The number of furan rings is 1. The van der Waals surface area contributed by atoms with E-state index in [-0.39, 0.29) is 6.04 Å². The van der Waals surface area contributed by atoms with Crippen LogP contribution in [0.2, 0.25) is 0 Å². The Bertz CT molecular complexity index is 563. The molecule has 0 aliphatic carbocycles. The normalized spacial score (nSPS) is 15.2. The molecule has 4 heteroatoms. The van der Waals surface area contributed by atoms with E-state index in [0.29, 0.717) is 0 Å². The summed E-state index contributed by atoms with van der Waals surface area (Å²) in [4.78, 5) is 0. The summed E-state index contributed by atoms with van der Waals surface area (Å²) in [5.41, 5.74) is 6.29. The van der Waals surface area contributed by atoms with Crippen molar-refractivity contribution in [3.63, 3.8) is 0 Å². The molecule has 4 nitrogen and oxygen atoms in total. The quantitative estimate of drug-likeness (QED) is 0.641. The van der Waals surface area contributed by atoms with Gasteiger partial charge in [0.25, 0.3) is 0 Å². The number of fused-ring (bicyclic) bond motifs is 1. The van der Waals surface area contributed by atoms with Crippen molar-refractivity contribution < 1.29 is 9.15 Å². The highest BCUT2D eigenvalue weighted by Gasteiger charge is 2.19. The van der Waals surface area contributed by atoms with Gasteiger partial charge in [0, 0.05) is 12.0 Å². The van der Waals surface area contributed by atoms with Gasteiger partial charge in [0.1, 0.15) is 11.5 Å². The second-order valence-corrected chi connectivity index (χ2v) is 4.50. The molecule has 1 aliphatic rings. The van der Waals surface area contributed by atoms with Crippen LogP contribution in [0.3, 0.4) is 0 Å². The van der Waals surface area contributed by atoms with Crippen molar-refractivity contribution in [1.82, 2.24) is 5.43 Å². The zero-order valence-electron chi connectivity index (χ0n) is 10.3. The summed E-state index contributed by atoms with van der Waals surface area (Å²) in [7, 11) is 0. The molecule has 3 N–H and O–H groups in total. The van der Waals surface area contributed by atoms with Gasteiger partial charge in [-0.15, -0.1) is 0 Å². The Labute approximate surface area is 106 Å². The number of nitrogens with two attached hydrogens (primary N) is 1. The maximum atomic E-state index is 5.69. The molecular weight excluding hydrogens is 228 g/mol. The molecule has 1 atom stereocenters. The lowest BCUT2D eigenvalue weighted by Crippen LogP contribution is -2.29. The third-order valence-corrected chi connectivity index (χ3v) is 3.42. The smallest absolute Gasteiger partial charge is 0.122 e. The molecule has 0 amide bonds. The molecule has 2 aromatic rings. The Hall–Kier alpha value is -1.78. The molecule has 1 aliphatic heterocycles. The number of hydrogen-bond donors (Lipinski definition) is 2. The van der Waals surface area contributed by atoms with Gasteiger partial charge in [-0.05, 0) is 30.2 Å². The van der Waals surface area contributed by atoms with Crippen molar-refractivity contribution in [2.75, 3.05) is 6.61 Å². The van der Waals surface area contributed by atoms with Gasteiger partial charge < -0.3 is 9.15 Å². The van der Waals surface area contributed by atoms with Crippen molar-refractivity contribution >= 4 is 0 Å². The first-order chi connectivity index (χ1) is 8.79. The van der Waals surface area contributed by atoms with Gasteiger partial charge in [-0.2, -0.15) is 0 Å². The molecule has 3 rings (SSSR count). The number of ether oxygens (including phenoxy) is 1. The van der Waals surface area contributed by atoms with E-state index in [2.05, 4.69) is 11.5 Å². The fourth-order valence-electron chi connectivity index (χ4n) is 2.45. The standard InChI is InChI=1S/C14H16N2O2/c1-9-12(5-7-17-9)14(16-15)11-2-3-13-10(8-11)4-6-18-13/h2-3,5,7-8,14,16H,4,6,15H2,1H3. The van der Waals surface area contributed by atoms with E-state index >= 15 is 0 Å². The molecule has 0 spiro atoms. The van der Waals surface area contributed by atoms with Crippen LogP contribution in [-0.4, -0.2) is 6.61 Å². The molecule has 0 fully saturated rings. The van der Waals surface area contributed by atoms with Crippen molar-refractivity contribution in [1.29, 1.82) is 0 Å². The van der Waals surface area contributed by atoms with Crippen LogP contribution in [-0.2, 0) is 6.42 Å². The van der Waals surface area contributed by atoms with Crippen LogP contribution in [0.15, 0.2) is 34.9 Å². The van der Waals surface area contributed by atoms with Crippen molar-refractivity contribution in [2.24, 2.45) is 5.84 Å². The molecule has 94 valence electrons. The predicted octanol–water partition coefficient (Wildman–Crippen LogP) is 2.08. The largest absolute Gasteiger partial charge is 0.493 e. The molecule has 0 saturated heterocycles. The van der Waals surface area contributed by atoms with Crippen LogP contribution in [0, 0.1) is 6.92 Å². The topological polar surface area (TPSA) is 60.4 Å². The van der Waals surface area contributed by atoms with Crippen molar-refractivity contribution in [3.8, 4) is 5.75 Å². The molecular formula is C14H16N2O2. The summed E-state index contributed by atoms with van der Waals surface area (Å²) in [5.74, 6) is 7.56. The van der Waals surface area contributed by atoms with Gasteiger partial charge in [0.15, 0.2) is 0 Å². The highest BCUT2D eigenvalue weighted by atomic mass is 16.5. The minimum atomic E-state index is -0.0466. The highest BCUT2D eigenvalue weighted by molar-refractivity contribution is 5.43. The number of hydrogen-bond acceptors (Lipinski definition) is 4. The maximum Gasteiger partial charge on any atom is 0.122 e.